The third-order valence-electron chi connectivity index (χ3n) is 2.03. The number of hydrogen-bond acceptors (Lipinski definition) is 2. The molecule has 2 aromatic heterocycles. The molecule has 0 bridgehead atoms. The lowest BCUT2D eigenvalue weighted by atomic mass is 10.4. The number of hydrogen-bond donors (Lipinski definition) is 1. The average molecular weight is 196 g/mol. The van der Waals surface area contributed by atoms with Gasteiger partial charge >= 0.3 is 0 Å². The van der Waals surface area contributed by atoms with Gasteiger partial charge in [-0.15, -0.1) is 0 Å². The number of aryl methyl sites for hydroxylation is 1. The molecule has 2 N–H and O–H groups in total. The molecule has 0 unspecified atom stereocenters. The summed E-state index contributed by atoms with van der Waals surface area (Å²) in [6, 6.07) is 5.61. The molecule has 0 aliphatic rings. The minimum atomic E-state index is 0.541. The van der Waals surface area contributed by atoms with E-state index in [4.69, 9.17) is 17.3 Å². The summed E-state index contributed by atoms with van der Waals surface area (Å²) in [7, 11) is 0. The van der Waals surface area contributed by atoms with Crippen molar-refractivity contribution in [3.05, 3.63) is 29.2 Å². The van der Waals surface area contributed by atoms with E-state index in [9.17, 15) is 0 Å². The molecule has 0 amide bonds. The Kier molecular flexibility index (Phi) is 1.88. The average Bonchev–Trinajstić information content (AvgIpc) is 2.45. The molecular weight excluding hydrogens is 186 g/mol. The van der Waals surface area contributed by atoms with E-state index in [-0.39, 0.29) is 0 Å². The van der Waals surface area contributed by atoms with Crippen LogP contribution in [0.4, 0.5) is 5.82 Å². The molecule has 0 saturated carbocycles. The van der Waals surface area contributed by atoms with Crippen LogP contribution in [0.25, 0.3) is 5.52 Å². The first-order valence-corrected chi connectivity index (χ1v) is 4.53. The molecule has 0 fully saturated rings. The van der Waals surface area contributed by atoms with Crippen LogP contribution in [0.15, 0.2) is 18.2 Å². The first-order chi connectivity index (χ1) is 6.24. The van der Waals surface area contributed by atoms with Crippen molar-refractivity contribution in [2.24, 2.45) is 0 Å². The highest BCUT2D eigenvalue weighted by molar-refractivity contribution is 6.29. The topological polar surface area (TPSA) is 43.3 Å². The highest BCUT2D eigenvalue weighted by Gasteiger charge is 2.08. The van der Waals surface area contributed by atoms with Gasteiger partial charge in [-0.25, -0.2) is 4.98 Å². The Morgan fingerprint density at radius 1 is 1.54 bits per heavy atom. The molecular formula is C9H10ClN3. The van der Waals surface area contributed by atoms with E-state index in [1.807, 2.05) is 29.5 Å². The van der Waals surface area contributed by atoms with Crippen LogP contribution < -0.4 is 5.73 Å². The number of halogens is 1. The third kappa shape index (κ3) is 1.16. The minimum absolute atomic E-state index is 0.541. The van der Waals surface area contributed by atoms with Gasteiger partial charge in [0.25, 0.3) is 0 Å². The van der Waals surface area contributed by atoms with E-state index in [0.717, 1.165) is 17.8 Å². The summed E-state index contributed by atoms with van der Waals surface area (Å²) in [5.74, 6) is 1.44. The number of fused-ring (bicyclic) bond motifs is 1. The van der Waals surface area contributed by atoms with Crippen molar-refractivity contribution in [1.82, 2.24) is 9.38 Å². The van der Waals surface area contributed by atoms with Gasteiger partial charge in [-0.3, -0.25) is 4.40 Å². The van der Waals surface area contributed by atoms with E-state index in [2.05, 4.69) is 4.98 Å². The maximum absolute atomic E-state index is 6.02. The first kappa shape index (κ1) is 8.38. The van der Waals surface area contributed by atoms with Gasteiger partial charge < -0.3 is 5.73 Å². The predicted molar refractivity (Wildman–Crippen MR) is 54.0 cm³/mol. The number of rotatable bonds is 1. The van der Waals surface area contributed by atoms with Crippen molar-refractivity contribution >= 4 is 22.9 Å². The Labute approximate surface area is 81.1 Å². The molecule has 4 heteroatoms. The summed E-state index contributed by atoms with van der Waals surface area (Å²) < 4.78 is 1.87. The second-order valence-electron chi connectivity index (χ2n) is 2.84. The molecule has 2 rings (SSSR count). The maximum atomic E-state index is 6.02. The Morgan fingerprint density at radius 2 is 2.31 bits per heavy atom. The summed E-state index contributed by atoms with van der Waals surface area (Å²) in [6.07, 6.45) is 0.822. The lowest BCUT2D eigenvalue weighted by Gasteiger charge is -1.99. The van der Waals surface area contributed by atoms with Crippen LogP contribution in [0.3, 0.4) is 0 Å². The predicted octanol–water partition coefficient (Wildman–Crippen LogP) is 2.13. The smallest absolute Gasteiger partial charge is 0.149 e. The van der Waals surface area contributed by atoms with Crippen molar-refractivity contribution in [2.45, 2.75) is 13.3 Å². The third-order valence-corrected chi connectivity index (χ3v) is 2.32. The Morgan fingerprint density at radius 3 is 3.00 bits per heavy atom. The molecule has 2 aromatic rings. The lowest BCUT2D eigenvalue weighted by molar-refractivity contribution is 0.935. The van der Waals surface area contributed by atoms with Gasteiger partial charge in [-0.2, -0.15) is 0 Å². The number of pyridine rings is 1. The number of nitrogens with two attached hydrogens (primary N) is 1. The molecule has 13 heavy (non-hydrogen) atoms. The van der Waals surface area contributed by atoms with Crippen molar-refractivity contribution < 1.29 is 0 Å². The van der Waals surface area contributed by atoms with Gasteiger partial charge in [-0.1, -0.05) is 24.6 Å². The summed E-state index contributed by atoms with van der Waals surface area (Å²) in [5.41, 5.74) is 6.61. The van der Waals surface area contributed by atoms with Gasteiger partial charge in [0.1, 0.15) is 16.8 Å². The summed E-state index contributed by atoms with van der Waals surface area (Å²) in [5, 5.41) is 0.651. The lowest BCUT2D eigenvalue weighted by Crippen LogP contribution is -1.92. The van der Waals surface area contributed by atoms with Gasteiger partial charge in [0, 0.05) is 6.42 Å². The molecule has 0 spiro atoms. The van der Waals surface area contributed by atoms with Crippen LogP contribution in [0.2, 0.25) is 5.15 Å². The molecule has 0 atom stereocenters. The molecule has 0 aromatic carbocycles. The molecule has 0 aliphatic carbocycles. The minimum Gasteiger partial charge on any atom is -0.382 e. The Bertz CT molecular complexity index is 447. The van der Waals surface area contributed by atoms with E-state index in [0.29, 0.717) is 11.0 Å². The van der Waals surface area contributed by atoms with Crippen molar-refractivity contribution in [1.29, 1.82) is 0 Å². The molecule has 0 saturated heterocycles. The SMILES string of the molecule is CCc1nc(N)c2cccc(Cl)n12. The highest BCUT2D eigenvalue weighted by Crippen LogP contribution is 2.20. The largest absolute Gasteiger partial charge is 0.382 e. The van der Waals surface area contributed by atoms with Crippen molar-refractivity contribution in [3.8, 4) is 0 Å². The number of anilines is 1. The van der Waals surface area contributed by atoms with Gasteiger partial charge in [0.15, 0.2) is 0 Å². The maximum Gasteiger partial charge on any atom is 0.149 e. The van der Waals surface area contributed by atoms with Crippen LogP contribution in [-0.2, 0) is 6.42 Å². The molecule has 2 heterocycles. The fraction of sp³-hybridized carbons (Fsp3) is 0.222. The number of imidazole rings is 1. The van der Waals surface area contributed by atoms with E-state index >= 15 is 0 Å². The summed E-state index contributed by atoms with van der Waals surface area (Å²) >= 11 is 6.02. The molecule has 3 nitrogen and oxygen atoms in total. The summed E-state index contributed by atoms with van der Waals surface area (Å²) in [4.78, 5) is 4.23. The second-order valence-corrected chi connectivity index (χ2v) is 3.22. The normalized spacial score (nSPS) is 10.9. The highest BCUT2D eigenvalue weighted by atomic mass is 35.5. The van der Waals surface area contributed by atoms with Crippen molar-refractivity contribution in [2.75, 3.05) is 5.73 Å². The van der Waals surface area contributed by atoms with Crippen LogP contribution in [0.5, 0.6) is 0 Å². The van der Waals surface area contributed by atoms with Crippen LogP contribution in [0, 0.1) is 0 Å². The van der Waals surface area contributed by atoms with Gasteiger partial charge in [-0.05, 0) is 12.1 Å². The number of nitrogen functional groups attached to an aromatic ring is 1. The second kappa shape index (κ2) is 2.92. The van der Waals surface area contributed by atoms with E-state index in [1.165, 1.54) is 0 Å². The van der Waals surface area contributed by atoms with Crippen molar-refractivity contribution in [3.63, 3.8) is 0 Å². The zero-order chi connectivity index (χ0) is 9.42. The quantitative estimate of drug-likeness (QED) is 0.709. The van der Waals surface area contributed by atoms with Crippen LogP contribution in [0.1, 0.15) is 12.7 Å². The van der Waals surface area contributed by atoms with Crippen LogP contribution in [-0.4, -0.2) is 9.38 Å². The van der Waals surface area contributed by atoms with Gasteiger partial charge in [0.05, 0.1) is 5.52 Å². The van der Waals surface area contributed by atoms with Gasteiger partial charge in [0.2, 0.25) is 0 Å². The Hall–Kier alpha value is -1.22. The number of nitrogens with zero attached hydrogens (tertiary/aromatic N) is 2. The molecule has 68 valence electrons. The van der Waals surface area contributed by atoms with E-state index < -0.39 is 0 Å². The number of aromatic nitrogens is 2. The Balaban J connectivity index is 2.89. The molecule has 0 radical (unpaired) electrons. The zero-order valence-electron chi connectivity index (χ0n) is 7.29. The zero-order valence-corrected chi connectivity index (χ0v) is 8.04. The molecule has 0 aliphatic heterocycles. The van der Waals surface area contributed by atoms with Crippen LogP contribution >= 0.6 is 11.6 Å². The fourth-order valence-corrected chi connectivity index (χ4v) is 1.69. The monoisotopic (exact) mass is 195 g/mol. The van der Waals surface area contributed by atoms with E-state index in [1.54, 1.807) is 0 Å². The summed E-state index contributed by atoms with van der Waals surface area (Å²) in [6.45, 7) is 2.03. The fourth-order valence-electron chi connectivity index (χ4n) is 1.43. The first-order valence-electron chi connectivity index (χ1n) is 4.15. The standard InChI is InChI=1S/C9H10ClN3/c1-2-8-12-9(11)6-4-3-5-7(10)13(6)8/h3-5H,2,11H2,1H3.